The molecule has 13 heteroatoms. The predicted octanol–water partition coefficient (Wildman–Crippen LogP) is 4.16. The number of anilines is 1. The highest BCUT2D eigenvalue weighted by atomic mass is 16.6. The number of benzene rings is 4. The lowest BCUT2D eigenvalue weighted by atomic mass is 9.93. The number of aliphatic hydroxyl groups is 4. The molecular weight excluding hydrogens is 658 g/mol. The highest BCUT2D eigenvalue weighted by Gasteiger charge is 2.28. The smallest absolute Gasteiger partial charge is 0.255 e. The van der Waals surface area contributed by atoms with Crippen molar-refractivity contribution >= 4 is 17.3 Å². The summed E-state index contributed by atoms with van der Waals surface area (Å²) in [6, 6.07) is 18.1. The Labute approximate surface area is 295 Å². The van der Waals surface area contributed by atoms with Gasteiger partial charge in [0, 0.05) is 23.2 Å². The van der Waals surface area contributed by atoms with Crippen LogP contribution in [0.5, 0.6) is 23.0 Å². The van der Waals surface area contributed by atoms with E-state index in [4.69, 9.17) is 23.8 Å². The molecule has 268 valence electrons. The molecule has 2 aliphatic rings. The number of hydrogen-bond donors (Lipinski definition) is 6. The summed E-state index contributed by atoms with van der Waals surface area (Å²) >= 11 is 0. The van der Waals surface area contributed by atoms with Crippen molar-refractivity contribution in [2.45, 2.75) is 52.0 Å². The maximum Gasteiger partial charge on any atom is 0.255 e. The zero-order valence-corrected chi connectivity index (χ0v) is 28.6. The van der Waals surface area contributed by atoms with Gasteiger partial charge < -0.3 is 54.8 Å². The van der Waals surface area contributed by atoms with E-state index in [2.05, 4.69) is 15.8 Å². The van der Waals surface area contributed by atoms with Crippen molar-refractivity contribution in [2.75, 3.05) is 32.8 Å². The molecule has 51 heavy (non-hydrogen) atoms. The zero-order valence-electron chi connectivity index (χ0n) is 28.6. The molecular formula is C38H41N3O10. The van der Waals surface area contributed by atoms with E-state index in [0.717, 1.165) is 22.4 Å². The van der Waals surface area contributed by atoms with Crippen molar-refractivity contribution in [3.8, 4) is 23.0 Å². The lowest BCUT2D eigenvalue weighted by Crippen LogP contribution is -2.38. The minimum Gasteiger partial charge on any atom is -0.493 e. The number of amides is 1. The Morgan fingerprint density at radius 1 is 0.765 bits per heavy atom. The quantitative estimate of drug-likeness (QED) is 0.104. The van der Waals surface area contributed by atoms with E-state index in [1.54, 1.807) is 36.4 Å². The first-order chi connectivity index (χ1) is 24.8. The maximum atomic E-state index is 12.7. The number of nitrogens with one attached hydrogen (secondary N) is 2. The molecule has 0 aromatic heterocycles. The summed E-state index contributed by atoms with van der Waals surface area (Å²) in [6.45, 7) is 1.07. The van der Waals surface area contributed by atoms with Crippen LogP contribution in [0.25, 0.3) is 0 Å². The summed E-state index contributed by atoms with van der Waals surface area (Å²) in [5, 5.41) is 50.1. The number of ether oxygens (including phenoxy) is 4. The second-order valence-corrected chi connectivity index (χ2v) is 12.2. The Hall–Kier alpha value is -5.34. The molecule has 0 saturated carbocycles. The van der Waals surface area contributed by atoms with E-state index in [9.17, 15) is 25.2 Å². The van der Waals surface area contributed by atoms with E-state index in [1.165, 1.54) is 14.2 Å². The van der Waals surface area contributed by atoms with Gasteiger partial charge in [-0.3, -0.25) is 4.79 Å². The third-order valence-electron chi connectivity index (χ3n) is 8.96. The summed E-state index contributed by atoms with van der Waals surface area (Å²) in [5.41, 5.74) is 7.22. The zero-order chi connectivity index (χ0) is 36.1. The molecule has 2 unspecified atom stereocenters. The van der Waals surface area contributed by atoms with Crippen LogP contribution >= 0.6 is 0 Å². The van der Waals surface area contributed by atoms with Gasteiger partial charge in [0.25, 0.3) is 5.91 Å². The summed E-state index contributed by atoms with van der Waals surface area (Å²) in [6.07, 6.45) is -0.538. The third-order valence-corrected chi connectivity index (χ3v) is 8.96. The third kappa shape index (κ3) is 7.42. The number of carbonyl (C=O) groups excluding carboxylic acids is 1. The van der Waals surface area contributed by atoms with Crippen molar-refractivity contribution < 1.29 is 49.0 Å². The minimum atomic E-state index is -0.470. The molecule has 4 aromatic rings. The van der Waals surface area contributed by atoms with E-state index in [-0.39, 0.29) is 45.5 Å². The number of aliphatic hydroxyl groups excluding tert-OH is 4. The largest absolute Gasteiger partial charge is 0.493 e. The lowest BCUT2D eigenvalue weighted by Gasteiger charge is -2.29. The van der Waals surface area contributed by atoms with Crippen LogP contribution < -0.4 is 29.6 Å². The fourth-order valence-corrected chi connectivity index (χ4v) is 6.29. The van der Waals surface area contributed by atoms with E-state index < -0.39 is 12.3 Å². The Bertz CT molecular complexity index is 1900. The number of carbonyl (C=O) groups is 1. The van der Waals surface area contributed by atoms with Gasteiger partial charge in [-0.15, -0.1) is 0 Å². The van der Waals surface area contributed by atoms with E-state index in [0.29, 0.717) is 68.5 Å². The Morgan fingerprint density at radius 2 is 1.43 bits per heavy atom. The molecule has 0 bridgehead atoms. The molecule has 0 spiro atoms. The van der Waals surface area contributed by atoms with Gasteiger partial charge in [-0.05, 0) is 83.3 Å². The first kappa shape index (κ1) is 35.5. The molecule has 2 heterocycles. The first-order valence-corrected chi connectivity index (χ1v) is 16.4. The molecule has 13 nitrogen and oxygen atoms in total. The van der Waals surface area contributed by atoms with Gasteiger partial charge in [-0.1, -0.05) is 22.9 Å². The van der Waals surface area contributed by atoms with Crippen LogP contribution in [0.4, 0.5) is 5.69 Å². The number of oxime groups is 1. The number of rotatable bonds is 14. The number of methoxy groups -OCH3 is 2. The topological polar surface area (TPSA) is 181 Å². The Kier molecular flexibility index (Phi) is 10.9. The van der Waals surface area contributed by atoms with Gasteiger partial charge in [-0.2, -0.15) is 0 Å². The van der Waals surface area contributed by atoms with Gasteiger partial charge >= 0.3 is 0 Å². The van der Waals surface area contributed by atoms with Crippen LogP contribution in [0.2, 0.25) is 0 Å². The van der Waals surface area contributed by atoms with Crippen LogP contribution in [0.3, 0.4) is 0 Å². The standard InChI is InChI=1S/C38H41N3O10/c1-21-4-6-30-28(10-21)38(46)40-37(39-30)22-5-7-32(27(11-22)19-44)49-8-9-50-36-34(47-2)14-23(15-35(36)48-3)31-16-33(51-41-31)24-12-25(17-42)29(20-45)26(13-24)18-43/h4-7,10-15,33,37,39,42-45H,8-9,16-20H2,1-3H3,(H,40,46). The fraction of sp³-hybridized carbons (Fsp3) is 0.316. The molecule has 0 saturated heterocycles. The lowest BCUT2D eigenvalue weighted by molar-refractivity contribution is 0.0853. The molecule has 6 rings (SSSR count). The van der Waals surface area contributed by atoms with Gasteiger partial charge in [0.05, 0.1) is 51.9 Å². The van der Waals surface area contributed by atoms with Crippen LogP contribution in [-0.4, -0.2) is 59.5 Å². The number of nitrogens with zero attached hydrogens (tertiary/aromatic N) is 1. The molecule has 0 aliphatic carbocycles. The second-order valence-electron chi connectivity index (χ2n) is 12.2. The minimum absolute atomic E-state index is 0.130. The second kappa shape index (κ2) is 15.7. The highest BCUT2D eigenvalue weighted by molar-refractivity contribution is 6.03. The SMILES string of the molecule is COc1cc(C2=NOC(c3cc(CO)c(CO)c(CO)c3)C2)cc(OC)c1OCCOc1ccc(C2NC(=O)c3cc(C)ccc3N2)cc1CO. The molecule has 2 atom stereocenters. The summed E-state index contributed by atoms with van der Waals surface area (Å²) in [7, 11) is 3.04. The van der Waals surface area contributed by atoms with Crippen LogP contribution in [-0.2, 0) is 31.3 Å². The van der Waals surface area contributed by atoms with Crippen molar-refractivity contribution in [3.63, 3.8) is 0 Å². The van der Waals surface area contributed by atoms with Gasteiger partial charge in [0.2, 0.25) is 5.75 Å². The van der Waals surface area contributed by atoms with Crippen molar-refractivity contribution in [1.82, 2.24) is 5.32 Å². The van der Waals surface area contributed by atoms with E-state index in [1.807, 2.05) is 31.2 Å². The van der Waals surface area contributed by atoms with Crippen LogP contribution in [0.15, 0.2) is 65.8 Å². The molecule has 0 fully saturated rings. The number of hydrogen-bond acceptors (Lipinski definition) is 12. The first-order valence-electron chi connectivity index (χ1n) is 16.4. The van der Waals surface area contributed by atoms with Gasteiger partial charge in [0.1, 0.15) is 25.1 Å². The average Bonchev–Trinajstić information content (AvgIpc) is 3.66. The number of fused-ring (bicyclic) bond motifs is 1. The predicted molar refractivity (Wildman–Crippen MR) is 187 cm³/mol. The summed E-state index contributed by atoms with van der Waals surface area (Å²) < 4.78 is 23.4. The fourth-order valence-electron chi connectivity index (χ4n) is 6.29. The molecule has 1 amide bonds. The normalized spacial score (nSPS) is 16.4. The summed E-state index contributed by atoms with van der Waals surface area (Å²) in [4.78, 5) is 18.5. The van der Waals surface area contributed by atoms with Crippen LogP contribution in [0, 0.1) is 6.92 Å². The van der Waals surface area contributed by atoms with Crippen LogP contribution in [0.1, 0.15) is 73.6 Å². The van der Waals surface area contributed by atoms with Crippen molar-refractivity contribution in [3.05, 3.63) is 111 Å². The molecule has 4 aromatic carbocycles. The van der Waals surface area contributed by atoms with Gasteiger partial charge in [0.15, 0.2) is 17.6 Å². The Balaban J connectivity index is 1.10. The van der Waals surface area contributed by atoms with E-state index >= 15 is 0 Å². The highest BCUT2D eigenvalue weighted by Crippen LogP contribution is 2.41. The number of aryl methyl sites for hydroxylation is 1. The van der Waals surface area contributed by atoms with Crippen molar-refractivity contribution in [2.24, 2.45) is 5.16 Å². The monoisotopic (exact) mass is 699 g/mol. The molecule has 2 aliphatic heterocycles. The summed E-state index contributed by atoms with van der Waals surface area (Å²) in [5.74, 6) is 1.50. The maximum absolute atomic E-state index is 12.7. The average molecular weight is 700 g/mol. The van der Waals surface area contributed by atoms with Gasteiger partial charge in [-0.25, -0.2) is 0 Å². The molecule has 0 radical (unpaired) electrons. The van der Waals surface area contributed by atoms with Crippen molar-refractivity contribution in [1.29, 1.82) is 0 Å². The molecule has 6 N–H and O–H groups in total. The Morgan fingerprint density at radius 3 is 2.08 bits per heavy atom.